The highest BCUT2D eigenvalue weighted by atomic mass is 32.1. The number of ether oxygens (including phenoxy) is 2. The van der Waals surface area contributed by atoms with Gasteiger partial charge in [0, 0.05) is 11.3 Å². The predicted octanol–water partition coefficient (Wildman–Crippen LogP) is 6.61. The Hall–Kier alpha value is -5.73. The van der Waals surface area contributed by atoms with E-state index in [1.54, 1.807) is 11.7 Å². The van der Waals surface area contributed by atoms with Crippen molar-refractivity contribution in [1.29, 1.82) is 0 Å². The van der Waals surface area contributed by atoms with Crippen LogP contribution in [-0.4, -0.2) is 17.6 Å². The third kappa shape index (κ3) is 5.98. The van der Waals surface area contributed by atoms with Gasteiger partial charge in [-0.2, -0.15) is 0 Å². The molecule has 1 aromatic heterocycles. The molecular weight excluding hydrogens is 607 g/mol. The number of para-hydroxylation sites is 1. The second-order valence-corrected chi connectivity index (χ2v) is 12.2. The van der Waals surface area contributed by atoms with Crippen LogP contribution in [0.25, 0.3) is 16.8 Å². The number of benzene rings is 5. The Morgan fingerprint density at radius 1 is 0.915 bits per heavy atom. The summed E-state index contributed by atoms with van der Waals surface area (Å²) in [5, 5.41) is 4.99. The first-order valence-corrected chi connectivity index (χ1v) is 16.0. The molecular formula is C39H31N3O4S. The minimum atomic E-state index is -0.728. The Morgan fingerprint density at radius 3 is 2.45 bits per heavy atom. The third-order valence-electron chi connectivity index (χ3n) is 8.15. The van der Waals surface area contributed by atoms with Crippen LogP contribution in [0.3, 0.4) is 0 Å². The molecule has 0 saturated heterocycles. The van der Waals surface area contributed by atoms with Crippen LogP contribution in [0.4, 0.5) is 5.69 Å². The molecule has 5 aromatic carbocycles. The van der Waals surface area contributed by atoms with Crippen molar-refractivity contribution in [2.24, 2.45) is 4.99 Å². The van der Waals surface area contributed by atoms with E-state index in [4.69, 9.17) is 14.5 Å². The van der Waals surface area contributed by atoms with Crippen LogP contribution in [0.1, 0.15) is 29.7 Å². The highest BCUT2D eigenvalue weighted by Crippen LogP contribution is 2.33. The first-order chi connectivity index (χ1) is 23.0. The molecule has 47 heavy (non-hydrogen) atoms. The van der Waals surface area contributed by atoms with Crippen molar-refractivity contribution >= 4 is 39.8 Å². The lowest BCUT2D eigenvalue weighted by atomic mass is 9.95. The predicted molar refractivity (Wildman–Crippen MR) is 187 cm³/mol. The van der Waals surface area contributed by atoms with Gasteiger partial charge in [0.15, 0.2) is 4.80 Å². The van der Waals surface area contributed by atoms with E-state index < -0.39 is 6.04 Å². The fraction of sp³-hybridized carbons (Fsp3) is 0.103. The fourth-order valence-electron chi connectivity index (χ4n) is 5.88. The van der Waals surface area contributed by atoms with Crippen LogP contribution in [0.15, 0.2) is 142 Å². The van der Waals surface area contributed by atoms with Gasteiger partial charge in [0.2, 0.25) is 0 Å². The van der Waals surface area contributed by atoms with Crippen LogP contribution in [-0.2, 0) is 11.4 Å². The first-order valence-electron chi connectivity index (χ1n) is 15.2. The molecule has 0 fully saturated rings. The number of aromatic nitrogens is 1. The molecule has 1 aliphatic heterocycles. The molecule has 1 N–H and O–H groups in total. The molecule has 6 aromatic rings. The Kier molecular flexibility index (Phi) is 8.25. The van der Waals surface area contributed by atoms with Crippen LogP contribution < -0.4 is 29.7 Å². The molecule has 232 valence electrons. The van der Waals surface area contributed by atoms with Crippen LogP contribution in [0.2, 0.25) is 0 Å². The van der Waals surface area contributed by atoms with Crippen molar-refractivity contribution in [3.05, 3.63) is 169 Å². The van der Waals surface area contributed by atoms with E-state index in [0.29, 0.717) is 44.4 Å². The average molecular weight is 638 g/mol. The number of methoxy groups -OCH3 is 1. The van der Waals surface area contributed by atoms with E-state index in [2.05, 4.69) is 5.32 Å². The second kappa shape index (κ2) is 12.9. The topological polar surface area (TPSA) is 81.9 Å². The van der Waals surface area contributed by atoms with E-state index >= 15 is 0 Å². The van der Waals surface area contributed by atoms with Gasteiger partial charge in [-0.25, -0.2) is 4.99 Å². The Balaban J connectivity index is 1.39. The maximum Gasteiger partial charge on any atom is 0.271 e. The number of allylic oxidation sites excluding steroid dienone is 1. The molecule has 0 spiro atoms. The molecule has 0 bridgehead atoms. The molecule has 0 aliphatic carbocycles. The number of fused-ring (bicyclic) bond motifs is 2. The van der Waals surface area contributed by atoms with E-state index in [0.717, 1.165) is 27.5 Å². The molecule has 7 nitrogen and oxygen atoms in total. The SMILES string of the molecule is COc1cccc([C@H]2C(C(=O)Nc3ccccc3)=C(C)N=c3s/c(=C\c4c(OCc5ccccc5)ccc5ccccc45)c(=O)n32)c1. The van der Waals surface area contributed by atoms with Gasteiger partial charge >= 0.3 is 0 Å². The number of rotatable bonds is 8. The fourth-order valence-corrected chi connectivity index (χ4v) is 6.90. The standard InChI is InChI=1S/C39H31N3O4S/c1-25-35(37(43)41-29-16-7-4-8-17-29)36(28-15-11-18-30(22-28)45-2)42-38(44)34(47-39(42)40-25)23-32-31-19-10-9-14-27(31)20-21-33(32)46-24-26-12-5-3-6-13-26/h3-23,36H,24H2,1-2H3,(H,41,43)/b34-23-/t36-/m0/s1. The lowest BCUT2D eigenvalue weighted by Crippen LogP contribution is -2.40. The van der Waals surface area contributed by atoms with Crippen molar-refractivity contribution in [3.63, 3.8) is 0 Å². The number of hydrogen-bond donors (Lipinski definition) is 1. The summed E-state index contributed by atoms with van der Waals surface area (Å²) in [5.41, 5.74) is 3.91. The Morgan fingerprint density at radius 2 is 1.66 bits per heavy atom. The summed E-state index contributed by atoms with van der Waals surface area (Å²) >= 11 is 1.29. The van der Waals surface area contributed by atoms with Crippen LogP contribution in [0, 0.1) is 0 Å². The molecule has 0 unspecified atom stereocenters. The number of thiazole rings is 1. The van der Waals surface area contributed by atoms with Crippen molar-refractivity contribution in [2.45, 2.75) is 19.6 Å². The first kappa shape index (κ1) is 30.0. The number of carbonyl (C=O) groups is 1. The number of nitrogens with zero attached hydrogens (tertiary/aromatic N) is 2. The summed E-state index contributed by atoms with van der Waals surface area (Å²) in [6.07, 6.45) is 1.89. The molecule has 2 heterocycles. The van der Waals surface area contributed by atoms with Crippen LogP contribution >= 0.6 is 11.3 Å². The van der Waals surface area contributed by atoms with Gasteiger partial charge in [0.25, 0.3) is 11.5 Å². The zero-order chi connectivity index (χ0) is 32.3. The van der Waals surface area contributed by atoms with Gasteiger partial charge in [0.05, 0.1) is 29.0 Å². The lowest BCUT2D eigenvalue weighted by Gasteiger charge is -2.25. The summed E-state index contributed by atoms with van der Waals surface area (Å²) in [5.74, 6) is 0.963. The normalized spacial score (nSPS) is 14.4. The van der Waals surface area contributed by atoms with E-state index in [1.807, 2.05) is 134 Å². The van der Waals surface area contributed by atoms with Gasteiger partial charge in [-0.15, -0.1) is 0 Å². The molecule has 0 radical (unpaired) electrons. The Labute approximate surface area is 275 Å². The van der Waals surface area contributed by atoms with Crippen molar-refractivity contribution < 1.29 is 14.3 Å². The highest BCUT2D eigenvalue weighted by molar-refractivity contribution is 7.07. The minimum Gasteiger partial charge on any atom is -0.497 e. The summed E-state index contributed by atoms with van der Waals surface area (Å²) < 4.78 is 14.0. The van der Waals surface area contributed by atoms with Gasteiger partial charge in [-0.05, 0) is 65.2 Å². The van der Waals surface area contributed by atoms with Gasteiger partial charge < -0.3 is 14.8 Å². The van der Waals surface area contributed by atoms with Gasteiger partial charge in [-0.1, -0.05) is 102 Å². The summed E-state index contributed by atoms with van der Waals surface area (Å²) in [4.78, 5) is 33.7. The molecule has 7 rings (SSSR count). The second-order valence-electron chi connectivity index (χ2n) is 11.2. The summed E-state index contributed by atoms with van der Waals surface area (Å²) in [6.45, 7) is 2.20. The number of carbonyl (C=O) groups excluding carboxylic acids is 1. The van der Waals surface area contributed by atoms with Crippen molar-refractivity contribution in [2.75, 3.05) is 12.4 Å². The van der Waals surface area contributed by atoms with E-state index in [9.17, 15) is 9.59 Å². The smallest absolute Gasteiger partial charge is 0.271 e. The summed E-state index contributed by atoms with van der Waals surface area (Å²) in [6, 6.07) is 38.0. The number of nitrogens with one attached hydrogen (secondary N) is 1. The zero-order valence-electron chi connectivity index (χ0n) is 25.8. The quantitative estimate of drug-likeness (QED) is 0.204. The van der Waals surface area contributed by atoms with Gasteiger partial charge in [-0.3, -0.25) is 14.2 Å². The van der Waals surface area contributed by atoms with Crippen molar-refractivity contribution in [3.8, 4) is 11.5 Å². The molecule has 0 saturated carbocycles. The number of hydrogen-bond acceptors (Lipinski definition) is 6. The minimum absolute atomic E-state index is 0.249. The van der Waals surface area contributed by atoms with Crippen molar-refractivity contribution in [1.82, 2.24) is 4.57 Å². The van der Waals surface area contributed by atoms with Crippen LogP contribution in [0.5, 0.6) is 11.5 Å². The monoisotopic (exact) mass is 637 g/mol. The largest absolute Gasteiger partial charge is 0.497 e. The third-order valence-corrected chi connectivity index (χ3v) is 9.13. The number of anilines is 1. The highest BCUT2D eigenvalue weighted by Gasteiger charge is 2.33. The molecule has 1 amide bonds. The zero-order valence-corrected chi connectivity index (χ0v) is 26.7. The Bertz CT molecular complexity index is 2330. The molecule has 8 heteroatoms. The molecule has 1 atom stereocenters. The van der Waals surface area contributed by atoms with Gasteiger partial charge in [0.1, 0.15) is 18.1 Å². The van der Waals surface area contributed by atoms with E-state index in [1.165, 1.54) is 11.3 Å². The lowest BCUT2D eigenvalue weighted by molar-refractivity contribution is -0.113. The summed E-state index contributed by atoms with van der Waals surface area (Å²) in [7, 11) is 1.59. The van der Waals surface area contributed by atoms with E-state index in [-0.39, 0.29) is 11.5 Å². The molecule has 1 aliphatic rings. The maximum absolute atomic E-state index is 14.5. The number of amides is 1. The average Bonchev–Trinajstić information content (AvgIpc) is 3.41. The maximum atomic E-state index is 14.5.